The molecule has 3 aromatic heterocycles. The smallest absolute Gasteiger partial charge is 0.141 e. The van der Waals surface area contributed by atoms with E-state index in [-0.39, 0.29) is 0 Å². The molecule has 186 valence electrons. The summed E-state index contributed by atoms with van der Waals surface area (Å²) in [6.07, 6.45) is 5.26. The molecule has 0 saturated carbocycles. The molecule has 39 heavy (non-hydrogen) atoms. The van der Waals surface area contributed by atoms with E-state index >= 15 is 0 Å². The van der Waals surface area contributed by atoms with Gasteiger partial charge in [0, 0.05) is 33.4 Å². The van der Waals surface area contributed by atoms with Gasteiger partial charge in [-0.2, -0.15) is 0 Å². The maximum atomic E-state index is 6.02. The molecule has 0 aliphatic rings. The van der Waals surface area contributed by atoms with Gasteiger partial charge in [-0.15, -0.1) is 0 Å². The second-order valence-electron chi connectivity index (χ2n) is 9.39. The Morgan fingerprint density at radius 3 is 0.846 bits per heavy atom. The molecule has 0 atom stereocenters. The molecule has 4 aromatic carbocycles. The Hall–Kier alpha value is -5.28. The zero-order valence-electron chi connectivity index (χ0n) is 21.1. The summed E-state index contributed by atoms with van der Waals surface area (Å²) in [6.45, 7) is 0. The van der Waals surface area contributed by atoms with E-state index in [1.165, 1.54) is 0 Å². The normalized spacial score (nSPS) is 11.1. The minimum Gasteiger partial charge on any atom is -0.464 e. The summed E-state index contributed by atoms with van der Waals surface area (Å²) >= 11 is 0. The van der Waals surface area contributed by atoms with Crippen molar-refractivity contribution in [2.24, 2.45) is 0 Å². The lowest BCUT2D eigenvalue weighted by molar-refractivity contribution is 0.583. The van der Waals surface area contributed by atoms with Crippen molar-refractivity contribution in [2.75, 3.05) is 0 Å². The molecule has 3 heteroatoms. The molecular formula is C36H24O3. The van der Waals surface area contributed by atoms with E-state index < -0.39 is 0 Å². The van der Waals surface area contributed by atoms with Crippen molar-refractivity contribution in [3.8, 4) is 67.4 Å². The van der Waals surface area contributed by atoms with Crippen molar-refractivity contribution in [1.29, 1.82) is 0 Å². The zero-order valence-corrected chi connectivity index (χ0v) is 21.1. The highest BCUT2D eigenvalue weighted by Gasteiger charge is 2.19. The van der Waals surface area contributed by atoms with Gasteiger partial charge in [-0.3, -0.25) is 0 Å². The molecule has 7 rings (SSSR count). The van der Waals surface area contributed by atoms with Gasteiger partial charge >= 0.3 is 0 Å². The van der Waals surface area contributed by atoms with Gasteiger partial charge in [0.25, 0.3) is 0 Å². The minimum atomic E-state index is 0.838. The highest BCUT2D eigenvalue weighted by atomic mass is 16.3. The van der Waals surface area contributed by atoms with E-state index in [1.807, 2.05) is 72.8 Å². The molecule has 0 saturated heterocycles. The van der Waals surface area contributed by atoms with Crippen molar-refractivity contribution < 1.29 is 13.3 Å². The first-order chi connectivity index (χ1) is 19.3. The van der Waals surface area contributed by atoms with Gasteiger partial charge in [0.15, 0.2) is 0 Å². The number of hydrogen-bond donors (Lipinski definition) is 0. The number of furan rings is 3. The molecule has 0 spiro atoms. The van der Waals surface area contributed by atoms with Gasteiger partial charge < -0.3 is 13.3 Å². The van der Waals surface area contributed by atoms with Crippen LogP contribution in [-0.4, -0.2) is 0 Å². The molecule has 0 aliphatic heterocycles. The van der Waals surface area contributed by atoms with E-state index in [2.05, 4.69) is 54.6 Å². The lowest BCUT2D eigenvalue weighted by atomic mass is 9.91. The number of rotatable bonds is 6. The summed E-state index contributed by atoms with van der Waals surface area (Å²) in [5, 5.41) is 0. The zero-order chi connectivity index (χ0) is 26.0. The minimum absolute atomic E-state index is 0.838. The monoisotopic (exact) mass is 504 g/mol. The largest absolute Gasteiger partial charge is 0.464 e. The van der Waals surface area contributed by atoms with Crippen LogP contribution in [0.15, 0.2) is 159 Å². The van der Waals surface area contributed by atoms with Crippen molar-refractivity contribution in [3.05, 3.63) is 146 Å². The molecule has 0 aliphatic carbocycles. The molecule has 0 radical (unpaired) electrons. The first kappa shape index (κ1) is 22.9. The summed E-state index contributed by atoms with van der Waals surface area (Å²) < 4.78 is 18.0. The third kappa shape index (κ3) is 4.30. The van der Waals surface area contributed by atoms with Gasteiger partial charge in [-0.1, -0.05) is 91.0 Å². The van der Waals surface area contributed by atoms with Crippen LogP contribution in [0, 0.1) is 0 Å². The van der Waals surface area contributed by atoms with Gasteiger partial charge in [0.1, 0.15) is 17.3 Å². The highest BCUT2D eigenvalue weighted by Crippen LogP contribution is 2.42. The Bertz CT molecular complexity index is 1610. The average molecular weight is 505 g/mol. The van der Waals surface area contributed by atoms with Crippen molar-refractivity contribution in [3.63, 3.8) is 0 Å². The van der Waals surface area contributed by atoms with E-state index in [4.69, 9.17) is 13.3 Å². The van der Waals surface area contributed by atoms with E-state index in [9.17, 15) is 0 Å². The Morgan fingerprint density at radius 1 is 0.282 bits per heavy atom. The summed E-state index contributed by atoms with van der Waals surface area (Å²) in [5.74, 6) is 2.51. The molecule has 0 bridgehead atoms. The average Bonchev–Trinajstić information content (AvgIpc) is 3.79. The van der Waals surface area contributed by atoms with Gasteiger partial charge in [0.05, 0.1) is 18.8 Å². The van der Waals surface area contributed by atoms with Crippen LogP contribution in [0.3, 0.4) is 0 Å². The third-order valence-corrected chi connectivity index (χ3v) is 6.97. The molecule has 0 amide bonds. The van der Waals surface area contributed by atoms with Crippen LogP contribution in [0.25, 0.3) is 67.4 Å². The molecule has 0 fully saturated rings. The predicted octanol–water partition coefficient (Wildman–Crippen LogP) is 10.5. The van der Waals surface area contributed by atoms with Crippen LogP contribution >= 0.6 is 0 Å². The van der Waals surface area contributed by atoms with Crippen molar-refractivity contribution in [1.82, 2.24) is 0 Å². The van der Waals surface area contributed by atoms with Crippen LogP contribution < -0.4 is 0 Å². The Morgan fingerprint density at radius 2 is 0.564 bits per heavy atom. The Labute approximate surface area is 226 Å². The highest BCUT2D eigenvalue weighted by molar-refractivity contribution is 5.91. The van der Waals surface area contributed by atoms with Gasteiger partial charge in [-0.25, -0.2) is 0 Å². The summed E-state index contributed by atoms with van der Waals surface area (Å²) in [4.78, 5) is 0. The topological polar surface area (TPSA) is 39.4 Å². The molecule has 0 unspecified atom stereocenters. The molecule has 3 nitrogen and oxygen atoms in total. The Kier molecular flexibility index (Phi) is 5.80. The van der Waals surface area contributed by atoms with Crippen LogP contribution in [0.1, 0.15) is 0 Å². The summed E-state index contributed by atoms with van der Waals surface area (Å²) in [7, 11) is 0. The Balaban J connectivity index is 1.44. The standard InChI is InChI=1S/C36H24O3/c1-4-10-25(11-5-1)34-31(16-19-37-34)28-22-29(32-17-20-38-35(32)26-12-6-2-7-13-26)24-30(23-28)33-18-21-39-36(33)27-14-8-3-9-15-27/h1-24H. The molecule has 0 N–H and O–H groups in total. The molecule has 3 heterocycles. The molecular weight excluding hydrogens is 480 g/mol. The quantitative estimate of drug-likeness (QED) is 0.226. The van der Waals surface area contributed by atoms with Crippen molar-refractivity contribution >= 4 is 0 Å². The van der Waals surface area contributed by atoms with E-state index in [1.54, 1.807) is 18.8 Å². The second-order valence-corrected chi connectivity index (χ2v) is 9.39. The third-order valence-electron chi connectivity index (χ3n) is 6.97. The van der Waals surface area contributed by atoms with Crippen LogP contribution in [0.2, 0.25) is 0 Å². The SMILES string of the molecule is c1ccc(-c2occc2-c2cc(-c3ccoc3-c3ccccc3)cc(-c3ccoc3-c3ccccc3)c2)cc1. The summed E-state index contributed by atoms with van der Waals surface area (Å²) in [5.41, 5.74) is 9.33. The van der Waals surface area contributed by atoms with E-state index in [0.717, 1.165) is 67.4 Å². The first-order valence-electron chi connectivity index (χ1n) is 12.9. The maximum absolute atomic E-state index is 6.02. The fraction of sp³-hybridized carbons (Fsp3) is 0. The molecule has 7 aromatic rings. The maximum Gasteiger partial charge on any atom is 0.141 e. The fourth-order valence-electron chi connectivity index (χ4n) is 5.14. The fourth-order valence-corrected chi connectivity index (χ4v) is 5.14. The lowest BCUT2D eigenvalue weighted by Crippen LogP contribution is -1.88. The van der Waals surface area contributed by atoms with E-state index in [0.29, 0.717) is 0 Å². The lowest BCUT2D eigenvalue weighted by Gasteiger charge is -2.12. The predicted molar refractivity (Wildman–Crippen MR) is 156 cm³/mol. The van der Waals surface area contributed by atoms with Crippen molar-refractivity contribution in [2.45, 2.75) is 0 Å². The van der Waals surface area contributed by atoms with Gasteiger partial charge in [0.2, 0.25) is 0 Å². The van der Waals surface area contributed by atoms with Crippen LogP contribution in [-0.2, 0) is 0 Å². The first-order valence-corrected chi connectivity index (χ1v) is 12.9. The number of benzene rings is 4. The van der Waals surface area contributed by atoms with Crippen LogP contribution in [0.5, 0.6) is 0 Å². The number of hydrogen-bond acceptors (Lipinski definition) is 3. The van der Waals surface area contributed by atoms with Crippen LogP contribution in [0.4, 0.5) is 0 Å². The van der Waals surface area contributed by atoms with Gasteiger partial charge in [-0.05, 0) is 53.1 Å². The summed E-state index contributed by atoms with van der Waals surface area (Å²) in [6, 6.07) is 43.3. The second kappa shape index (κ2) is 9.88.